The van der Waals surface area contributed by atoms with Gasteiger partial charge in [-0.05, 0) is 43.2 Å². The molecule has 0 unspecified atom stereocenters. The van der Waals surface area contributed by atoms with Crippen molar-refractivity contribution in [3.8, 4) is 5.75 Å². The van der Waals surface area contributed by atoms with Crippen LogP contribution in [0.1, 0.15) is 36.0 Å². The van der Waals surface area contributed by atoms with Gasteiger partial charge in [-0.2, -0.15) is 4.31 Å². The third-order valence-corrected chi connectivity index (χ3v) is 7.03. The van der Waals surface area contributed by atoms with Crippen LogP contribution in [0.25, 0.3) is 0 Å². The van der Waals surface area contributed by atoms with Crippen LogP contribution in [-0.4, -0.2) is 51.4 Å². The number of hydrogen-bond donors (Lipinski definition) is 1. The number of carbonyl (C=O) groups excluding carboxylic acids is 2. The molecule has 0 atom stereocenters. The van der Waals surface area contributed by atoms with Crippen LogP contribution in [0.2, 0.25) is 0 Å². The van der Waals surface area contributed by atoms with Gasteiger partial charge in [0.05, 0.1) is 17.7 Å². The van der Waals surface area contributed by atoms with Crippen molar-refractivity contribution in [3.05, 3.63) is 53.6 Å². The molecule has 1 aliphatic rings. The van der Waals surface area contributed by atoms with Gasteiger partial charge >= 0.3 is 5.97 Å². The number of halogens is 2. The van der Waals surface area contributed by atoms with Gasteiger partial charge in [0, 0.05) is 19.2 Å². The molecule has 2 aromatic rings. The van der Waals surface area contributed by atoms with Crippen LogP contribution in [-0.2, 0) is 19.6 Å². The summed E-state index contributed by atoms with van der Waals surface area (Å²) in [4.78, 5) is 24.5. The van der Waals surface area contributed by atoms with Gasteiger partial charge in [0.2, 0.25) is 10.0 Å². The Morgan fingerprint density at radius 2 is 1.73 bits per heavy atom. The van der Waals surface area contributed by atoms with Crippen molar-refractivity contribution in [2.45, 2.75) is 30.6 Å². The average molecular weight is 483 g/mol. The number of amides is 1. The van der Waals surface area contributed by atoms with E-state index < -0.39 is 40.1 Å². The third kappa shape index (κ3) is 6.05. The SMILES string of the molecule is COc1ccc(S(=O)(=O)N2CCCCCC2)cc1C(=O)OCC(=O)Nc1ccc(F)cc1F. The van der Waals surface area contributed by atoms with Gasteiger partial charge in [0.25, 0.3) is 5.91 Å². The van der Waals surface area contributed by atoms with E-state index in [0.29, 0.717) is 19.2 Å². The molecular formula is C22H24F2N2O6S. The number of hydrogen-bond acceptors (Lipinski definition) is 6. The highest BCUT2D eigenvalue weighted by atomic mass is 32.2. The van der Waals surface area contributed by atoms with Crippen LogP contribution < -0.4 is 10.1 Å². The molecule has 1 fully saturated rings. The summed E-state index contributed by atoms with van der Waals surface area (Å²) in [6.07, 6.45) is 3.42. The lowest BCUT2D eigenvalue weighted by molar-refractivity contribution is -0.119. The Bertz CT molecular complexity index is 1130. The van der Waals surface area contributed by atoms with Crippen molar-refractivity contribution in [3.63, 3.8) is 0 Å². The first-order valence-electron chi connectivity index (χ1n) is 10.3. The van der Waals surface area contributed by atoms with Crippen LogP contribution >= 0.6 is 0 Å². The number of anilines is 1. The van der Waals surface area contributed by atoms with Gasteiger partial charge in [-0.1, -0.05) is 12.8 Å². The fourth-order valence-electron chi connectivity index (χ4n) is 3.42. The van der Waals surface area contributed by atoms with Crippen molar-refractivity contribution in [1.82, 2.24) is 4.31 Å². The highest BCUT2D eigenvalue weighted by Crippen LogP contribution is 2.27. The second kappa shape index (κ2) is 10.7. The molecule has 1 heterocycles. The normalized spacial score (nSPS) is 14.9. The zero-order valence-electron chi connectivity index (χ0n) is 18.0. The van der Waals surface area contributed by atoms with E-state index in [1.807, 2.05) is 0 Å². The molecule has 0 bridgehead atoms. The Morgan fingerprint density at radius 1 is 1.03 bits per heavy atom. The summed E-state index contributed by atoms with van der Waals surface area (Å²) in [5, 5.41) is 2.17. The highest BCUT2D eigenvalue weighted by Gasteiger charge is 2.27. The van der Waals surface area contributed by atoms with E-state index in [-0.39, 0.29) is 21.9 Å². The minimum Gasteiger partial charge on any atom is -0.496 e. The first-order chi connectivity index (χ1) is 15.7. The van der Waals surface area contributed by atoms with E-state index in [1.165, 1.54) is 23.5 Å². The van der Waals surface area contributed by atoms with Crippen molar-refractivity contribution in [2.24, 2.45) is 0 Å². The van der Waals surface area contributed by atoms with E-state index in [2.05, 4.69) is 5.32 Å². The molecule has 178 valence electrons. The Hall–Kier alpha value is -3.05. The number of rotatable bonds is 7. The lowest BCUT2D eigenvalue weighted by Crippen LogP contribution is -2.32. The monoisotopic (exact) mass is 482 g/mol. The molecule has 8 nitrogen and oxygen atoms in total. The van der Waals surface area contributed by atoms with Crippen molar-refractivity contribution in [1.29, 1.82) is 0 Å². The van der Waals surface area contributed by atoms with Crippen molar-refractivity contribution >= 4 is 27.6 Å². The summed E-state index contributed by atoms with van der Waals surface area (Å²) < 4.78 is 64.2. The summed E-state index contributed by atoms with van der Waals surface area (Å²) in [5.41, 5.74) is -0.449. The fourth-order valence-corrected chi connectivity index (χ4v) is 4.97. The molecule has 1 aliphatic heterocycles. The second-order valence-electron chi connectivity index (χ2n) is 7.43. The van der Waals surface area contributed by atoms with Crippen LogP contribution in [0.5, 0.6) is 5.75 Å². The molecule has 0 radical (unpaired) electrons. The van der Waals surface area contributed by atoms with Crippen LogP contribution in [0, 0.1) is 11.6 Å². The maximum Gasteiger partial charge on any atom is 0.342 e. The molecule has 33 heavy (non-hydrogen) atoms. The first-order valence-corrected chi connectivity index (χ1v) is 11.8. The van der Waals surface area contributed by atoms with Crippen LogP contribution in [0.15, 0.2) is 41.3 Å². The maximum absolute atomic E-state index is 13.7. The summed E-state index contributed by atoms with van der Waals surface area (Å²) in [7, 11) is -2.52. The first kappa shape index (κ1) is 24.6. The summed E-state index contributed by atoms with van der Waals surface area (Å²) >= 11 is 0. The number of carbonyl (C=O) groups is 2. The van der Waals surface area contributed by atoms with Crippen LogP contribution in [0.4, 0.5) is 14.5 Å². The van der Waals surface area contributed by atoms with E-state index >= 15 is 0 Å². The molecule has 0 spiro atoms. The van der Waals surface area contributed by atoms with Gasteiger partial charge in [-0.15, -0.1) is 0 Å². The van der Waals surface area contributed by atoms with E-state index in [4.69, 9.17) is 9.47 Å². The number of nitrogens with zero attached hydrogens (tertiary/aromatic N) is 1. The Labute approximate surface area is 190 Å². The maximum atomic E-state index is 13.7. The number of ether oxygens (including phenoxy) is 2. The van der Waals surface area contributed by atoms with Crippen molar-refractivity contribution in [2.75, 3.05) is 32.1 Å². The fraction of sp³-hybridized carbons (Fsp3) is 0.364. The molecular weight excluding hydrogens is 458 g/mol. The molecule has 0 aliphatic carbocycles. The van der Waals surface area contributed by atoms with Gasteiger partial charge in [0.15, 0.2) is 6.61 Å². The molecule has 2 aromatic carbocycles. The van der Waals surface area contributed by atoms with E-state index in [9.17, 15) is 26.8 Å². The molecule has 0 aromatic heterocycles. The summed E-state index contributed by atoms with van der Waals surface area (Å²) in [6, 6.07) is 6.44. The Kier molecular flexibility index (Phi) is 7.98. The lowest BCUT2D eigenvalue weighted by Gasteiger charge is -2.20. The van der Waals surface area contributed by atoms with E-state index in [0.717, 1.165) is 43.9 Å². The highest BCUT2D eigenvalue weighted by molar-refractivity contribution is 7.89. The topological polar surface area (TPSA) is 102 Å². The largest absolute Gasteiger partial charge is 0.496 e. The zero-order chi connectivity index (χ0) is 24.0. The second-order valence-corrected chi connectivity index (χ2v) is 9.37. The molecule has 3 rings (SSSR count). The summed E-state index contributed by atoms with van der Waals surface area (Å²) in [5.74, 6) is -3.57. The molecule has 1 N–H and O–H groups in total. The minimum absolute atomic E-state index is 0.0693. The zero-order valence-corrected chi connectivity index (χ0v) is 18.8. The summed E-state index contributed by atoms with van der Waals surface area (Å²) in [6.45, 7) is 0.0183. The number of nitrogens with one attached hydrogen (secondary N) is 1. The quantitative estimate of drug-likeness (QED) is 0.608. The Morgan fingerprint density at radius 3 is 2.36 bits per heavy atom. The van der Waals surface area contributed by atoms with Gasteiger partial charge in [0.1, 0.15) is 22.9 Å². The van der Waals surface area contributed by atoms with E-state index in [1.54, 1.807) is 0 Å². The number of sulfonamides is 1. The molecule has 0 saturated carbocycles. The minimum atomic E-state index is -3.83. The third-order valence-electron chi connectivity index (χ3n) is 5.13. The predicted octanol–water partition coefficient (Wildman–Crippen LogP) is 3.33. The number of methoxy groups -OCH3 is 1. The molecule has 11 heteroatoms. The number of benzene rings is 2. The molecule has 1 saturated heterocycles. The van der Waals surface area contributed by atoms with Gasteiger partial charge in [-0.3, -0.25) is 4.79 Å². The lowest BCUT2D eigenvalue weighted by atomic mass is 10.2. The smallest absolute Gasteiger partial charge is 0.342 e. The van der Waals surface area contributed by atoms with Crippen molar-refractivity contribution < 1.29 is 36.3 Å². The van der Waals surface area contributed by atoms with Crippen LogP contribution in [0.3, 0.4) is 0 Å². The Balaban J connectivity index is 1.73. The van der Waals surface area contributed by atoms with Gasteiger partial charge in [-0.25, -0.2) is 22.0 Å². The standard InChI is InChI=1S/C22H24F2N2O6S/c1-31-20-9-7-16(33(29,30)26-10-4-2-3-5-11-26)13-17(20)22(28)32-14-21(27)25-19-8-6-15(23)12-18(19)24/h6-9,12-13H,2-5,10-11,14H2,1H3,(H,25,27). The predicted molar refractivity (Wildman–Crippen MR) is 115 cm³/mol. The molecule has 1 amide bonds. The van der Waals surface area contributed by atoms with Gasteiger partial charge < -0.3 is 14.8 Å². The average Bonchev–Trinajstić information content (AvgIpc) is 3.09. The number of esters is 1.